The molecular formula is C20H24O3. The van der Waals surface area contributed by atoms with Crippen LogP contribution in [0.5, 0.6) is 5.75 Å². The molecular weight excluding hydrogens is 288 g/mol. The zero-order valence-corrected chi connectivity index (χ0v) is 13.9. The lowest BCUT2D eigenvalue weighted by atomic mass is 9.68. The van der Waals surface area contributed by atoms with Crippen LogP contribution in [-0.4, -0.2) is 18.7 Å². The third-order valence-corrected chi connectivity index (χ3v) is 4.72. The van der Waals surface area contributed by atoms with Crippen LogP contribution in [0, 0.1) is 11.3 Å². The summed E-state index contributed by atoms with van der Waals surface area (Å²) in [5, 5.41) is 0. The molecule has 1 unspecified atom stereocenters. The second kappa shape index (κ2) is 7.40. The van der Waals surface area contributed by atoms with E-state index < -0.39 is 5.41 Å². The number of methoxy groups -OCH3 is 1. The molecule has 0 spiro atoms. The Morgan fingerprint density at radius 2 is 2.09 bits per heavy atom. The molecule has 23 heavy (non-hydrogen) atoms. The molecule has 0 amide bonds. The van der Waals surface area contributed by atoms with Crippen LogP contribution in [-0.2, 0) is 9.59 Å². The van der Waals surface area contributed by atoms with Crippen molar-refractivity contribution in [2.75, 3.05) is 7.11 Å². The normalized spacial score (nSPS) is 17.3. The van der Waals surface area contributed by atoms with Gasteiger partial charge in [-0.15, -0.1) is 0 Å². The van der Waals surface area contributed by atoms with Crippen LogP contribution in [0.2, 0.25) is 0 Å². The minimum atomic E-state index is -0.998. The first-order chi connectivity index (χ1) is 11.0. The number of ketones is 2. The maximum absolute atomic E-state index is 12.7. The summed E-state index contributed by atoms with van der Waals surface area (Å²) in [5.41, 5.74) is -0.128. The molecule has 1 aliphatic rings. The number of ether oxygens (including phenoxy) is 1. The fourth-order valence-electron chi connectivity index (χ4n) is 2.92. The van der Waals surface area contributed by atoms with E-state index >= 15 is 0 Å². The van der Waals surface area contributed by atoms with E-state index in [0.29, 0.717) is 12.3 Å². The van der Waals surface area contributed by atoms with Crippen molar-refractivity contribution in [3.8, 4) is 5.75 Å². The van der Waals surface area contributed by atoms with Gasteiger partial charge in [-0.25, -0.2) is 0 Å². The van der Waals surface area contributed by atoms with Crippen molar-refractivity contribution in [3.05, 3.63) is 48.6 Å². The maximum Gasteiger partial charge on any atom is 0.169 e. The van der Waals surface area contributed by atoms with Gasteiger partial charge in [0.15, 0.2) is 11.6 Å². The second-order valence-electron chi connectivity index (χ2n) is 6.38. The molecule has 1 fully saturated rings. The molecule has 0 radical (unpaired) electrons. The summed E-state index contributed by atoms with van der Waals surface area (Å²) in [5.74, 6) is 0.860. The van der Waals surface area contributed by atoms with Gasteiger partial charge in [-0.1, -0.05) is 44.1 Å². The molecule has 1 saturated carbocycles. The average molecular weight is 312 g/mol. The molecule has 0 aliphatic heterocycles. The number of carbonyl (C=O) groups is 2. The smallest absolute Gasteiger partial charge is 0.169 e. The summed E-state index contributed by atoms with van der Waals surface area (Å²) in [6, 6.07) is 7.46. The van der Waals surface area contributed by atoms with E-state index in [0.717, 1.165) is 24.2 Å². The standard InChI is InChI=1S/C20H24O3/c1-4-18(21)20(2,14-16-8-5-9-16)19(22)12-11-15-7-6-10-17(13-15)23-3/h4,6-7,10-13,16H,1,5,8-9,14H2,2-3H3. The summed E-state index contributed by atoms with van der Waals surface area (Å²) in [6.07, 6.45) is 8.53. The van der Waals surface area contributed by atoms with E-state index in [-0.39, 0.29) is 11.6 Å². The molecule has 1 atom stereocenters. The van der Waals surface area contributed by atoms with Crippen molar-refractivity contribution in [2.45, 2.75) is 32.6 Å². The summed E-state index contributed by atoms with van der Waals surface area (Å²) < 4.78 is 5.17. The zero-order valence-electron chi connectivity index (χ0n) is 13.9. The van der Waals surface area contributed by atoms with Gasteiger partial charge in [0.25, 0.3) is 0 Å². The van der Waals surface area contributed by atoms with Crippen molar-refractivity contribution in [1.82, 2.24) is 0 Å². The molecule has 2 rings (SSSR count). The van der Waals surface area contributed by atoms with Crippen LogP contribution >= 0.6 is 0 Å². The molecule has 0 aromatic heterocycles. The molecule has 0 heterocycles. The summed E-state index contributed by atoms with van der Waals surface area (Å²) >= 11 is 0. The molecule has 122 valence electrons. The Hall–Kier alpha value is -2.16. The van der Waals surface area contributed by atoms with Gasteiger partial charge < -0.3 is 4.74 Å². The zero-order chi connectivity index (χ0) is 16.9. The fourth-order valence-corrected chi connectivity index (χ4v) is 2.92. The lowest BCUT2D eigenvalue weighted by Crippen LogP contribution is -2.37. The highest BCUT2D eigenvalue weighted by Gasteiger charge is 2.40. The number of benzene rings is 1. The van der Waals surface area contributed by atoms with Crippen molar-refractivity contribution >= 4 is 17.6 Å². The molecule has 0 N–H and O–H groups in total. The minimum Gasteiger partial charge on any atom is -0.497 e. The van der Waals surface area contributed by atoms with Crippen LogP contribution < -0.4 is 4.74 Å². The lowest BCUT2D eigenvalue weighted by molar-refractivity contribution is -0.135. The van der Waals surface area contributed by atoms with E-state index in [1.54, 1.807) is 20.1 Å². The van der Waals surface area contributed by atoms with Crippen LogP contribution in [0.3, 0.4) is 0 Å². The first kappa shape index (κ1) is 17.2. The first-order valence-electron chi connectivity index (χ1n) is 8.03. The highest BCUT2D eigenvalue weighted by Crippen LogP contribution is 2.39. The predicted molar refractivity (Wildman–Crippen MR) is 92.3 cm³/mol. The third kappa shape index (κ3) is 3.98. The number of carbonyl (C=O) groups excluding carboxylic acids is 2. The van der Waals surface area contributed by atoms with Gasteiger partial charge in [0.1, 0.15) is 5.75 Å². The van der Waals surface area contributed by atoms with Crippen molar-refractivity contribution < 1.29 is 14.3 Å². The van der Waals surface area contributed by atoms with Crippen LogP contribution in [0.15, 0.2) is 43.0 Å². The van der Waals surface area contributed by atoms with Crippen molar-refractivity contribution in [2.24, 2.45) is 11.3 Å². The van der Waals surface area contributed by atoms with Gasteiger partial charge in [0.2, 0.25) is 0 Å². The number of hydrogen-bond donors (Lipinski definition) is 0. The van der Waals surface area contributed by atoms with Gasteiger partial charge in [-0.2, -0.15) is 0 Å². The van der Waals surface area contributed by atoms with Crippen LogP contribution in [0.4, 0.5) is 0 Å². The summed E-state index contributed by atoms with van der Waals surface area (Å²) in [4.78, 5) is 25.0. The highest BCUT2D eigenvalue weighted by molar-refractivity contribution is 6.15. The predicted octanol–water partition coefficient (Wildman–Crippen LogP) is 4.23. The number of allylic oxidation sites excluding steroid dienone is 2. The molecule has 1 aliphatic carbocycles. The summed E-state index contributed by atoms with van der Waals surface area (Å²) in [7, 11) is 1.60. The monoisotopic (exact) mass is 312 g/mol. The fraction of sp³-hybridized carbons (Fsp3) is 0.400. The van der Waals surface area contributed by atoms with E-state index in [1.807, 2.05) is 24.3 Å². The molecule has 3 nitrogen and oxygen atoms in total. The Morgan fingerprint density at radius 1 is 1.35 bits per heavy atom. The largest absolute Gasteiger partial charge is 0.497 e. The van der Waals surface area contributed by atoms with E-state index in [2.05, 4.69) is 6.58 Å². The van der Waals surface area contributed by atoms with Gasteiger partial charge in [-0.3, -0.25) is 9.59 Å². The maximum atomic E-state index is 12.7. The Balaban J connectivity index is 2.17. The Kier molecular flexibility index (Phi) is 5.54. The molecule has 3 heteroatoms. The summed E-state index contributed by atoms with van der Waals surface area (Å²) in [6.45, 7) is 5.30. The molecule has 1 aromatic carbocycles. The second-order valence-corrected chi connectivity index (χ2v) is 6.38. The third-order valence-electron chi connectivity index (χ3n) is 4.72. The quantitative estimate of drug-likeness (QED) is 0.533. The minimum absolute atomic E-state index is 0.155. The average Bonchev–Trinajstić information content (AvgIpc) is 2.55. The van der Waals surface area contributed by atoms with Crippen molar-refractivity contribution in [3.63, 3.8) is 0 Å². The number of rotatable bonds is 8. The van der Waals surface area contributed by atoms with Gasteiger partial charge in [0, 0.05) is 0 Å². The molecule has 1 aromatic rings. The lowest BCUT2D eigenvalue weighted by Gasteiger charge is -2.33. The van der Waals surface area contributed by atoms with Crippen molar-refractivity contribution in [1.29, 1.82) is 0 Å². The Morgan fingerprint density at radius 3 is 2.65 bits per heavy atom. The number of hydrogen-bond acceptors (Lipinski definition) is 3. The molecule has 0 saturated heterocycles. The van der Waals surface area contributed by atoms with Gasteiger partial charge in [0.05, 0.1) is 12.5 Å². The SMILES string of the molecule is C=CC(=O)C(C)(CC1CCC1)C(=O)C=Cc1cccc(OC)c1. The highest BCUT2D eigenvalue weighted by atomic mass is 16.5. The van der Waals surface area contributed by atoms with Gasteiger partial charge >= 0.3 is 0 Å². The van der Waals surface area contributed by atoms with Crippen LogP contribution in [0.1, 0.15) is 38.2 Å². The Labute approximate surface area is 138 Å². The topological polar surface area (TPSA) is 43.4 Å². The van der Waals surface area contributed by atoms with E-state index in [1.165, 1.54) is 18.6 Å². The Bertz CT molecular complexity index is 626. The van der Waals surface area contributed by atoms with E-state index in [9.17, 15) is 9.59 Å². The van der Waals surface area contributed by atoms with E-state index in [4.69, 9.17) is 4.74 Å². The molecule has 0 bridgehead atoms. The van der Waals surface area contributed by atoms with Gasteiger partial charge in [-0.05, 0) is 49.1 Å². The first-order valence-corrected chi connectivity index (χ1v) is 8.03. The van der Waals surface area contributed by atoms with Crippen LogP contribution in [0.25, 0.3) is 6.08 Å².